The first-order chi connectivity index (χ1) is 17.1. The number of hydrogen-bond donors (Lipinski definition) is 3. The van der Waals surface area contributed by atoms with Crippen LogP contribution in [0.2, 0.25) is 0 Å². The lowest BCUT2D eigenvalue weighted by molar-refractivity contribution is -0.132. The Balaban J connectivity index is 1.57. The topological polar surface area (TPSA) is 125 Å². The van der Waals surface area contributed by atoms with Crippen molar-refractivity contribution in [1.82, 2.24) is 14.9 Å². The maximum absolute atomic E-state index is 13.5. The number of nitrogens with zero attached hydrogens (tertiary/aromatic N) is 1. The molecule has 0 radical (unpaired) electrons. The van der Waals surface area contributed by atoms with Gasteiger partial charge in [0.2, 0.25) is 11.8 Å². The first-order valence-corrected chi connectivity index (χ1v) is 13.2. The first-order valence-electron chi connectivity index (χ1n) is 11.7. The molecule has 36 heavy (non-hydrogen) atoms. The summed E-state index contributed by atoms with van der Waals surface area (Å²) in [4.78, 5) is 40.5. The Labute approximate surface area is 211 Å². The van der Waals surface area contributed by atoms with Crippen molar-refractivity contribution in [2.75, 3.05) is 25.5 Å². The van der Waals surface area contributed by atoms with Crippen LogP contribution in [0.1, 0.15) is 24.8 Å². The van der Waals surface area contributed by atoms with Crippen LogP contribution < -0.4 is 15.4 Å². The molecule has 2 aliphatic rings. The van der Waals surface area contributed by atoms with E-state index >= 15 is 0 Å². The quantitative estimate of drug-likeness (QED) is 0.466. The van der Waals surface area contributed by atoms with Crippen LogP contribution in [0.3, 0.4) is 0 Å². The van der Waals surface area contributed by atoms with Gasteiger partial charge in [-0.15, -0.1) is 6.58 Å². The molecule has 1 saturated carbocycles. The number of anilines is 1. The first kappa shape index (κ1) is 25.4. The molecule has 4 atom stereocenters. The van der Waals surface area contributed by atoms with E-state index < -0.39 is 39.2 Å². The van der Waals surface area contributed by atoms with Gasteiger partial charge < -0.3 is 15.5 Å². The highest BCUT2D eigenvalue weighted by molar-refractivity contribution is 7.90. The van der Waals surface area contributed by atoms with Gasteiger partial charge in [0.05, 0.1) is 11.6 Å². The number of carbonyl (C=O) groups is 3. The Morgan fingerprint density at radius 3 is 2.33 bits per heavy atom. The number of carbonyl (C=O) groups excluding carboxylic acids is 3. The van der Waals surface area contributed by atoms with Crippen LogP contribution in [-0.4, -0.2) is 56.7 Å². The van der Waals surface area contributed by atoms with Crippen LogP contribution in [0.25, 0.3) is 0 Å². The molecule has 1 aliphatic carbocycles. The summed E-state index contributed by atoms with van der Waals surface area (Å²) in [5.74, 6) is -2.61. The van der Waals surface area contributed by atoms with Crippen LogP contribution >= 0.6 is 0 Å². The standard InChI is InChI=1S/C26H30N4O5S/c1-4-19-14-26(19,25(33)29-36(34,35)23-13-9-8-12-22(23)27-3)28-24(32)21-16-30(17(2)31)15-20(21)18-10-6-5-7-11-18/h4-13,19-21,27H,1,14-16H2,2-3H3,(H,28,32)(H,29,33)/t19-,20+,21-,26-/m1/s1. The SMILES string of the molecule is C=C[C@@H]1C[C@]1(NC(=O)[C@@H]1CN(C(C)=O)C[C@H]1c1ccccc1)C(=O)NS(=O)(=O)c1ccccc1NC. The summed E-state index contributed by atoms with van der Waals surface area (Å²) < 4.78 is 28.2. The predicted molar refractivity (Wildman–Crippen MR) is 135 cm³/mol. The monoisotopic (exact) mass is 510 g/mol. The zero-order chi connectivity index (χ0) is 26.1. The molecule has 2 fully saturated rings. The summed E-state index contributed by atoms with van der Waals surface area (Å²) in [5, 5.41) is 5.64. The fourth-order valence-corrected chi connectivity index (χ4v) is 6.14. The van der Waals surface area contributed by atoms with E-state index in [0.717, 1.165) is 5.56 Å². The van der Waals surface area contributed by atoms with Crippen molar-refractivity contribution in [3.8, 4) is 0 Å². The molecule has 4 rings (SSSR count). The van der Waals surface area contributed by atoms with Gasteiger partial charge in [-0.3, -0.25) is 14.4 Å². The van der Waals surface area contributed by atoms with Crippen LogP contribution in [0.15, 0.2) is 72.1 Å². The molecule has 2 aromatic carbocycles. The second-order valence-electron chi connectivity index (χ2n) is 9.24. The van der Waals surface area contributed by atoms with Gasteiger partial charge in [-0.2, -0.15) is 0 Å². The highest BCUT2D eigenvalue weighted by atomic mass is 32.2. The van der Waals surface area contributed by atoms with Crippen LogP contribution in [0.5, 0.6) is 0 Å². The molecule has 0 unspecified atom stereocenters. The number of rotatable bonds is 8. The molecule has 0 bridgehead atoms. The van der Waals surface area contributed by atoms with Gasteiger partial charge in [-0.05, 0) is 24.1 Å². The fraction of sp³-hybridized carbons (Fsp3) is 0.346. The summed E-state index contributed by atoms with van der Waals surface area (Å²) in [5.41, 5.74) is -0.166. The van der Waals surface area contributed by atoms with Crippen molar-refractivity contribution in [1.29, 1.82) is 0 Å². The van der Waals surface area contributed by atoms with Crippen molar-refractivity contribution >= 4 is 33.4 Å². The third-order valence-corrected chi connectivity index (χ3v) is 8.44. The minimum absolute atomic E-state index is 0.0739. The van der Waals surface area contributed by atoms with E-state index in [4.69, 9.17) is 0 Å². The number of benzene rings is 2. The molecule has 190 valence electrons. The molecule has 0 spiro atoms. The zero-order valence-corrected chi connectivity index (χ0v) is 21.0. The molecule has 2 aromatic rings. The molecule has 1 heterocycles. The Hall–Kier alpha value is -3.66. The summed E-state index contributed by atoms with van der Waals surface area (Å²) >= 11 is 0. The van der Waals surface area contributed by atoms with E-state index in [1.807, 2.05) is 30.3 Å². The fourth-order valence-electron chi connectivity index (χ4n) is 4.89. The minimum Gasteiger partial charge on any atom is -0.387 e. The summed E-state index contributed by atoms with van der Waals surface area (Å²) in [7, 11) is -2.62. The number of likely N-dealkylation sites (tertiary alicyclic amines) is 1. The van der Waals surface area contributed by atoms with E-state index in [1.165, 1.54) is 13.0 Å². The van der Waals surface area contributed by atoms with Crippen molar-refractivity contribution in [3.63, 3.8) is 0 Å². The normalized spacial score (nSPS) is 25.1. The smallest absolute Gasteiger partial charge is 0.266 e. The number of para-hydroxylation sites is 1. The van der Waals surface area contributed by atoms with E-state index in [-0.39, 0.29) is 29.7 Å². The second-order valence-corrected chi connectivity index (χ2v) is 10.9. The molecule has 0 aromatic heterocycles. The lowest BCUT2D eigenvalue weighted by Gasteiger charge is -2.23. The van der Waals surface area contributed by atoms with Crippen molar-refractivity contribution < 1.29 is 22.8 Å². The summed E-state index contributed by atoms with van der Waals surface area (Å²) in [6.07, 6.45) is 1.77. The van der Waals surface area contributed by atoms with Gasteiger partial charge in [-0.1, -0.05) is 48.5 Å². The third kappa shape index (κ3) is 4.73. The minimum atomic E-state index is -4.21. The van der Waals surface area contributed by atoms with Crippen molar-refractivity contribution in [2.45, 2.75) is 29.7 Å². The van der Waals surface area contributed by atoms with Gasteiger partial charge in [0.15, 0.2) is 0 Å². The van der Waals surface area contributed by atoms with E-state index in [0.29, 0.717) is 12.2 Å². The number of sulfonamides is 1. The number of hydrogen-bond acceptors (Lipinski definition) is 6. The lowest BCUT2D eigenvalue weighted by atomic mass is 9.88. The largest absolute Gasteiger partial charge is 0.387 e. The maximum atomic E-state index is 13.5. The van der Waals surface area contributed by atoms with Crippen molar-refractivity contribution in [3.05, 3.63) is 72.8 Å². The molecule has 3 amide bonds. The second kappa shape index (κ2) is 9.77. The molecule has 3 N–H and O–H groups in total. The Morgan fingerprint density at radius 2 is 1.72 bits per heavy atom. The van der Waals surface area contributed by atoms with Gasteiger partial charge in [0.25, 0.3) is 15.9 Å². The molecule has 9 nitrogen and oxygen atoms in total. The predicted octanol–water partition coefficient (Wildman–Crippen LogP) is 1.86. The highest BCUT2D eigenvalue weighted by Gasteiger charge is 2.61. The van der Waals surface area contributed by atoms with E-state index in [9.17, 15) is 22.8 Å². The van der Waals surface area contributed by atoms with Gasteiger partial charge in [0, 0.05) is 38.9 Å². The van der Waals surface area contributed by atoms with Crippen molar-refractivity contribution in [2.24, 2.45) is 11.8 Å². The maximum Gasteiger partial charge on any atom is 0.266 e. The Bertz CT molecular complexity index is 1300. The van der Waals surface area contributed by atoms with Gasteiger partial charge in [0.1, 0.15) is 10.4 Å². The highest BCUT2D eigenvalue weighted by Crippen LogP contribution is 2.46. The molecular weight excluding hydrogens is 480 g/mol. The van der Waals surface area contributed by atoms with E-state index in [2.05, 4.69) is 21.9 Å². The summed E-state index contributed by atoms with van der Waals surface area (Å²) in [6.45, 7) is 5.80. The molecule has 1 aliphatic heterocycles. The molecular formula is C26H30N4O5S. The zero-order valence-electron chi connectivity index (χ0n) is 20.2. The summed E-state index contributed by atoms with van der Waals surface area (Å²) in [6, 6.07) is 15.7. The van der Waals surface area contributed by atoms with Crippen LogP contribution in [0.4, 0.5) is 5.69 Å². The van der Waals surface area contributed by atoms with E-state index in [1.54, 1.807) is 36.2 Å². The lowest BCUT2D eigenvalue weighted by Crippen LogP contribution is -2.53. The molecule has 10 heteroatoms. The van der Waals surface area contributed by atoms with Gasteiger partial charge in [-0.25, -0.2) is 13.1 Å². The molecule has 1 saturated heterocycles. The van der Waals surface area contributed by atoms with Crippen LogP contribution in [0, 0.1) is 11.8 Å². The average Bonchev–Trinajstić information content (AvgIpc) is 3.39. The number of nitrogens with one attached hydrogen (secondary N) is 3. The van der Waals surface area contributed by atoms with Crippen LogP contribution in [-0.2, 0) is 24.4 Å². The average molecular weight is 511 g/mol. The Kier molecular flexibility index (Phi) is 6.90. The Morgan fingerprint density at radius 1 is 1.06 bits per heavy atom. The van der Waals surface area contributed by atoms with Gasteiger partial charge >= 0.3 is 0 Å². The third-order valence-electron chi connectivity index (χ3n) is 7.05. The number of amides is 3.